The number of aromatic nitrogens is 2. The molecule has 1 aromatic carbocycles. The fourth-order valence-corrected chi connectivity index (χ4v) is 5.25. The first kappa shape index (κ1) is 21.6. The molecule has 0 bridgehead atoms. The van der Waals surface area contributed by atoms with E-state index in [0.29, 0.717) is 11.4 Å². The molecule has 1 unspecified atom stereocenters. The summed E-state index contributed by atoms with van der Waals surface area (Å²) in [4.78, 5) is 37.3. The van der Waals surface area contributed by atoms with Gasteiger partial charge in [-0.25, -0.2) is 4.98 Å². The van der Waals surface area contributed by atoms with E-state index in [4.69, 9.17) is 14.5 Å². The third kappa shape index (κ3) is 4.35. The van der Waals surface area contributed by atoms with Crippen molar-refractivity contribution in [3.8, 4) is 27.7 Å². The molecular weight excluding hydrogens is 438 g/mol. The number of rotatable bonds is 5. The summed E-state index contributed by atoms with van der Waals surface area (Å²) in [7, 11) is 0. The van der Waals surface area contributed by atoms with Gasteiger partial charge in [0.2, 0.25) is 0 Å². The van der Waals surface area contributed by atoms with Crippen LogP contribution in [0.4, 0.5) is 5.69 Å². The number of hydrogen-bond acceptors (Lipinski definition) is 7. The highest BCUT2D eigenvalue weighted by atomic mass is 32.1. The SMILES string of the molecule is Cc1sc(-c2ccccn2)nc1-c1ccc2c(c1)N(CC(=O)OC1CCCC1)C(=O)C(C)O2. The van der Waals surface area contributed by atoms with E-state index in [2.05, 4.69) is 4.98 Å². The Hall–Kier alpha value is -3.26. The van der Waals surface area contributed by atoms with Gasteiger partial charge >= 0.3 is 5.97 Å². The minimum atomic E-state index is -0.667. The standard InChI is InChI=1S/C25H25N3O4S/c1-15-25(30)28(14-22(29)32-18-7-3-4-8-18)20-13-17(10-11-21(20)31-15)23-16(2)33-24(27-23)19-9-5-6-12-26-19/h5-6,9-13,15,18H,3-4,7-8,14H2,1-2H3. The first-order chi connectivity index (χ1) is 16.0. The van der Waals surface area contributed by atoms with Crippen molar-refractivity contribution in [2.75, 3.05) is 11.4 Å². The maximum Gasteiger partial charge on any atom is 0.326 e. The molecule has 1 fully saturated rings. The number of pyridine rings is 1. The summed E-state index contributed by atoms with van der Waals surface area (Å²) < 4.78 is 11.4. The van der Waals surface area contributed by atoms with Gasteiger partial charge in [0, 0.05) is 16.6 Å². The summed E-state index contributed by atoms with van der Waals surface area (Å²) in [5.74, 6) is -0.0764. The van der Waals surface area contributed by atoms with Gasteiger partial charge in [-0.15, -0.1) is 11.3 Å². The normalized spacial score (nSPS) is 18.2. The number of amides is 1. The Morgan fingerprint density at radius 2 is 2.06 bits per heavy atom. The Labute approximate surface area is 196 Å². The first-order valence-corrected chi connectivity index (χ1v) is 12.0. The second kappa shape index (κ2) is 8.94. The van der Waals surface area contributed by atoms with Crippen molar-refractivity contribution >= 4 is 28.9 Å². The zero-order chi connectivity index (χ0) is 22.9. The highest BCUT2D eigenvalue weighted by Crippen LogP contribution is 2.40. The second-order valence-corrected chi connectivity index (χ2v) is 9.61. The molecular formula is C25H25N3O4S. The molecule has 2 aromatic heterocycles. The van der Waals surface area contributed by atoms with Crippen LogP contribution in [0.1, 0.15) is 37.5 Å². The minimum Gasteiger partial charge on any atom is -0.479 e. The van der Waals surface area contributed by atoms with Crippen LogP contribution in [-0.4, -0.2) is 40.6 Å². The highest BCUT2D eigenvalue weighted by Gasteiger charge is 2.34. The third-order valence-electron chi connectivity index (χ3n) is 6.01. The van der Waals surface area contributed by atoms with Gasteiger partial charge < -0.3 is 9.47 Å². The van der Waals surface area contributed by atoms with E-state index in [-0.39, 0.29) is 24.5 Å². The average Bonchev–Trinajstić information content (AvgIpc) is 3.47. The van der Waals surface area contributed by atoms with Crippen molar-refractivity contribution in [2.24, 2.45) is 0 Å². The summed E-state index contributed by atoms with van der Waals surface area (Å²) in [5, 5.41) is 0.832. The van der Waals surface area contributed by atoms with Crippen LogP contribution in [-0.2, 0) is 14.3 Å². The predicted octanol–water partition coefficient (Wildman–Crippen LogP) is 4.78. The van der Waals surface area contributed by atoms with Crippen molar-refractivity contribution in [1.29, 1.82) is 0 Å². The molecule has 1 saturated carbocycles. The van der Waals surface area contributed by atoms with Crippen molar-refractivity contribution in [1.82, 2.24) is 9.97 Å². The fourth-order valence-electron chi connectivity index (χ4n) is 4.34. The summed E-state index contributed by atoms with van der Waals surface area (Å²) in [6.45, 7) is 3.58. The van der Waals surface area contributed by atoms with E-state index < -0.39 is 6.10 Å². The molecule has 7 nitrogen and oxygen atoms in total. The lowest BCUT2D eigenvalue weighted by Crippen LogP contribution is -2.47. The molecule has 1 aliphatic heterocycles. The van der Waals surface area contributed by atoms with E-state index in [9.17, 15) is 9.59 Å². The molecule has 0 radical (unpaired) electrons. The maximum atomic E-state index is 12.9. The van der Waals surface area contributed by atoms with E-state index in [1.165, 1.54) is 4.90 Å². The van der Waals surface area contributed by atoms with E-state index >= 15 is 0 Å². The number of ether oxygens (including phenoxy) is 2. The Kier molecular flexibility index (Phi) is 5.85. The van der Waals surface area contributed by atoms with Crippen molar-refractivity contribution < 1.29 is 19.1 Å². The van der Waals surface area contributed by atoms with Crippen molar-refractivity contribution in [3.63, 3.8) is 0 Å². The summed E-state index contributed by atoms with van der Waals surface area (Å²) >= 11 is 1.57. The number of thiazole rings is 1. The Bertz CT molecular complexity index is 1190. The van der Waals surface area contributed by atoms with Gasteiger partial charge in [0.15, 0.2) is 6.10 Å². The van der Waals surface area contributed by atoms with Gasteiger partial charge in [-0.05, 0) is 69.9 Å². The lowest BCUT2D eigenvalue weighted by molar-refractivity contribution is -0.148. The molecule has 2 aliphatic rings. The number of nitrogens with zero attached hydrogens (tertiary/aromatic N) is 3. The lowest BCUT2D eigenvalue weighted by atomic mass is 10.1. The minimum absolute atomic E-state index is 0.0421. The van der Waals surface area contributed by atoms with E-state index in [1.807, 2.05) is 43.3 Å². The van der Waals surface area contributed by atoms with E-state index in [1.54, 1.807) is 24.5 Å². The molecule has 0 saturated heterocycles. The lowest BCUT2D eigenvalue weighted by Gasteiger charge is -2.32. The van der Waals surface area contributed by atoms with Crippen LogP contribution in [0.5, 0.6) is 5.75 Å². The van der Waals surface area contributed by atoms with E-state index in [0.717, 1.165) is 52.5 Å². The largest absolute Gasteiger partial charge is 0.479 e. The van der Waals surface area contributed by atoms with Gasteiger partial charge in [0.05, 0.1) is 17.1 Å². The van der Waals surface area contributed by atoms with Gasteiger partial charge in [0.1, 0.15) is 23.4 Å². The molecule has 1 atom stereocenters. The Balaban J connectivity index is 1.45. The molecule has 170 valence electrons. The van der Waals surface area contributed by atoms with Crippen molar-refractivity contribution in [2.45, 2.75) is 51.7 Å². The smallest absolute Gasteiger partial charge is 0.326 e. The zero-order valence-electron chi connectivity index (χ0n) is 18.6. The second-order valence-electron chi connectivity index (χ2n) is 8.40. The summed E-state index contributed by atoms with van der Waals surface area (Å²) in [6.07, 6.45) is 4.97. The molecule has 3 aromatic rings. The number of benzene rings is 1. The number of carbonyl (C=O) groups excluding carboxylic acids is 2. The fraction of sp³-hybridized carbons (Fsp3) is 0.360. The zero-order valence-corrected chi connectivity index (χ0v) is 19.4. The topological polar surface area (TPSA) is 81.6 Å². The van der Waals surface area contributed by atoms with Crippen LogP contribution in [0.15, 0.2) is 42.6 Å². The Morgan fingerprint density at radius 1 is 1.24 bits per heavy atom. The molecule has 1 aliphatic carbocycles. The molecule has 0 spiro atoms. The third-order valence-corrected chi connectivity index (χ3v) is 7.00. The number of anilines is 1. The first-order valence-electron chi connectivity index (χ1n) is 11.2. The monoisotopic (exact) mass is 463 g/mol. The van der Waals surface area contributed by atoms with Crippen LogP contribution in [0.25, 0.3) is 22.0 Å². The quantitative estimate of drug-likeness (QED) is 0.507. The van der Waals surface area contributed by atoms with Crippen LogP contribution >= 0.6 is 11.3 Å². The molecule has 0 N–H and O–H groups in total. The van der Waals surface area contributed by atoms with Gasteiger partial charge in [-0.3, -0.25) is 19.5 Å². The summed E-state index contributed by atoms with van der Waals surface area (Å²) in [5.41, 5.74) is 3.05. The Morgan fingerprint density at radius 3 is 2.82 bits per heavy atom. The maximum absolute atomic E-state index is 12.9. The highest BCUT2D eigenvalue weighted by molar-refractivity contribution is 7.15. The molecule has 3 heterocycles. The van der Waals surface area contributed by atoms with Crippen LogP contribution in [0, 0.1) is 6.92 Å². The predicted molar refractivity (Wildman–Crippen MR) is 126 cm³/mol. The van der Waals surface area contributed by atoms with Crippen molar-refractivity contribution in [3.05, 3.63) is 47.5 Å². The van der Waals surface area contributed by atoms with Gasteiger partial charge in [0.25, 0.3) is 5.91 Å². The molecule has 8 heteroatoms. The van der Waals surface area contributed by atoms with Crippen LogP contribution in [0.3, 0.4) is 0 Å². The number of aryl methyl sites for hydroxylation is 1. The summed E-state index contributed by atoms with van der Waals surface area (Å²) in [6, 6.07) is 11.4. The molecule has 33 heavy (non-hydrogen) atoms. The van der Waals surface area contributed by atoms with Gasteiger partial charge in [-0.2, -0.15) is 0 Å². The number of esters is 1. The van der Waals surface area contributed by atoms with Crippen LogP contribution in [0.2, 0.25) is 0 Å². The average molecular weight is 464 g/mol. The number of hydrogen-bond donors (Lipinski definition) is 0. The number of fused-ring (bicyclic) bond motifs is 1. The van der Waals surface area contributed by atoms with Crippen LogP contribution < -0.4 is 9.64 Å². The van der Waals surface area contributed by atoms with Gasteiger partial charge in [-0.1, -0.05) is 6.07 Å². The molecule has 1 amide bonds. The number of carbonyl (C=O) groups is 2. The molecule has 5 rings (SSSR count).